The molecule has 0 amide bonds. The Labute approximate surface area is 156 Å². The molecule has 24 heavy (non-hydrogen) atoms. The van der Waals surface area contributed by atoms with Gasteiger partial charge in [0.2, 0.25) is 0 Å². The van der Waals surface area contributed by atoms with E-state index >= 15 is 0 Å². The third kappa shape index (κ3) is 8.29. The molecule has 2 nitrogen and oxygen atoms in total. The number of benzene rings is 1. The monoisotopic (exact) mass is 372 g/mol. The summed E-state index contributed by atoms with van der Waals surface area (Å²) in [6.45, 7) is 6.36. The molecule has 0 radical (unpaired) electrons. The van der Waals surface area contributed by atoms with Gasteiger partial charge in [-0.15, -0.1) is 0 Å². The number of anilines is 1. The molecular formula is C19H30ClFN2S. The Morgan fingerprint density at radius 1 is 1.04 bits per heavy atom. The maximum Gasteiger partial charge on any atom is 0.173 e. The van der Waals surface area contributed by atoms with Crippen LogP contribution in [0.15, 0.2) is 18.2 Å². The summed E-state index contributed by atoms with van der Waals surface area (Å²) in [5, 5.41) is 4.01. The zero-order valence-electron chi connectivity index (χ0n) is 14.9. The van der Waals surface area contributed by atoms with Gasteiger partial charge in [-0.2, -0.15) is 0 Å². The summed E-state index contributed by atoms with van der Waals surface area (Å²) in [5.74, 6) is -0.413. The van der Waals surface area contributed by atoms with Crippen LogP contribution < -0.4 is 5.32 Å². The van der Waals surface area contributed by atoms with E-state index in [-0.39, 0.29) is 5.02 Å². The van der Waals surface area contributed by atoms with Crippen molar-refractivity contribution in [1.82, 2.24) is 4.90 Å². The number of hydrogen-bond donors (Lipinski definition) is 1. The van der Waals surface area contributed by atoms with Crippen molar-refractivity contribution < 1.29 is 4.39 Å². The van der Waals surface area contributed by atoms with Gasteiger partial charge in [0, 0.05) is 18.8 Å². The third-order valence-electron chi connectivity index (χ3n) is 4.02. The molecule has 0 aliphatic rings. The maximum absolute atomic E-state index is 13.3. The van der Waals surface area contributed by atoms with E-state index in [0.29, 0.717) is 5.11 Å². The summed E-state index contributed by atoms with van der Waals surface area (Å²) in [4.78, 5) is 2.23. The fourth-order valence-electron chi connectivity index (χ4n) is 2.55. The van der Waals surface area contributed by atoms with Crippen LogP contribution in [0.25, 0.3) is 0 Å². The fourth-order valence-corrected chi connectivity index (χ4v) is 3.03. The van der Waals surface area contributed by atoms with Crippen LogP contribution in [0.5, 0.6) is 0 Å². The molecular weight excluding hydrogens is 343 g/mol. The Morgan fingerprint density at radius 2 is 1.62 bits per heavy atom. The molecule has 0 spiro atoms. The van der Waals surface area contributed by atoms with Crippen molar-refractivity contribution in [2.24, 2.45) is 0 Å². The van der Waals surface area contributed by atoms with Gasteiger partial charge < -0.3 is 10.2 Å². The molecule has 5 heteroatoms. The molecule has 0 saturated carbocycles. The highest BCUT2D eigenvalue weighted by Gasteiger charge is 2.10. The van der Waals surface area contributed by atoms with Gasteiger partial charge in [-0.05, 0) is 43.3 Å². The molecule has 0 aromatic heterocycles. The summed E-state index contributed by atoms with van der Waals surface area (Å²) in [5.41, 5.74) is 0.735. The number of hydrogen-bond acceptors (Lipinski definition) is 1. The number of nitrogens with zero attached hydrogens (tertiary/aromatic N) is 1. The van der Waals surface area contributed by atoms with Crippen molar-refractivity contribution in [2.75, 3.05) is 18.4 Å². The van der Waals surface area contributed by atoms with Crippen LogP contribution in [0.4, 0.5) is 10.1 Å². The van der Waals surface area contributed by atoms with E-state index in [0.717, 1.165) is 31.6 Å². The Balaban J connectivity index is 2.57. The van der Waals surface area contributed by atoms with Crippen molar-refractivity contribution in [3.63, 3.8) is 0 Å². The van der Waals surface area contributed by atoms with Gasteiger partial charge in [0.25, 0.3) is 0 Å². The second kappa shape index (κ2) is 12.5. The molecule has 1 aromatic carbocycles. The molecule has 0 saturated heterocycles. The summed E-state index contributed by atoms with van der Waals surface area (Å²) in [7, 11) is 0. The summed E-state index contributed by atoms with van der Waals surface area (Å²) < 4.78 is 13.3. The van der Waals surface area contributed by atoms with E-state index in [2.05, 4.69) is 24.1 Å². The lowest BCUT2D eigenvalue weighted by Gasteiger charge is -2.26. The van der Waals surface area contributed by atoms with E-state index in [4.69, 9.17) is 23.8 Å². The number of thiocarbonyl (C=S) groups is 1. The molecule has 1 N–H and O–H groups in total. The minimum Gasteiger partial charge on any atom is -0.349 e. The van der Waals surface area contributed by atoms with E-state index < -0.39 is 5.82 Å². The van der Waals surface area contributed by atoms with Crippen LogP contribution in [0.2, 0.25) is 5.02 Å². The van der Waals surface area contributed by atoms with Crippen LogP contribution in [0.1, 0.15) is 65.2 Å². The minimum absolute atomic E-state index is 0.111. The van der Waals surface area contributed by atoms with Crippen LogP contribution in [0, 0.1) is 5.82 Å². The van der Waals surface area contributed by atoms with Crippen LogP contribution in [-0.4, -0.2) is 23.1 Å². The smallest absolute Gasteiger partial charge is 0.173 e. The largest absolute Gasteiger partial charge is 0.349 e. The van der Waals surface area contributed by atoms with Crippen molar-refractivity contribution in [2.45, 2.75) is 65.2 Å². The number of rotatable bonds is 11. The van der Waals surface area contributed by atoms with Gasteiger partial charge in [-0.25, -0.2) is 4.39 Å². The standard InChI is InChI=1S/C19H30ClFN2S/c1-3-5-7-9-13-23(14-10-8-6-4-2)19(24)22-16-11-12-18(21)17(20)15-16/h11-12,15H,3-10,13-14H2,1-2H3,(H,22,24). The quantitative estimate of drug-likeness (QED) is 0.346. The Kier molecular flexibility index (Phi) is 11.0. The molecule has 0 fully saturated rings. The second-order valence-electron chi connectivity index (χ2n) is 6.17. The summed E-state index contributed by atoms with van der Waals surface area (Å²) >= 11 is 11.4. The highest BCUT2D eigenvalue weighted by Crippen LogP contribution is 2.20. The average Bonchev–Trinajstić information content (AvgIpc) is 2.56. The molecule has 0 atom stereocenters. The van der Waals surface area contributed by atoms with E-state index in [1.165, 1.54) is 44.6 Å². The molecule has 1 rings (SSSR count). The van der Waals surface area contributed by atoms with Gasteiger partial charge >= 0.3 is 0 Å². The van der Waals surface area contributed by atoms with Gasteiger partial charge in [0.1, 0.15) is 5.82 Å². The first kappa shape index (κ1) is 21.2. The van der Waals surface area contributed by atoms with Gasteiger partial charge in [0.05, 0.1) is 5.02 Å². The molecule has 0 heterocycles. The zero-order chi connectivity index (χ0) is 17.8. The Bertz CT molecular complexity index is 484. The number of halogens is 2. The molecule has 136 valence electrons. The lowest BCUT2D eigenvalue weighted by molar-refractivity contribution is 0.391. The molecule has 0 bridgehead atoms. The van der Waals surface area contributed by atoms with Crippen molar-refractivity contribution in [3.8, 4) is 0 Å². The first-order valence-electron chi connectivity index (χ1n) is 9.09. The minimum atomic E-state index is -0.413. The van der Waals surface area contributed by atoms with E-state index in [1.54, 1.807) is 12.1 Å². The first-order chi connectivity index (χ1) is 11.6. The molecule has 1 aromatic rings. The molecule has 0 unspecified atom stereocenters. The van der Waals surface area contributed by atoms with Crippen molar-refractivity contribution in [1.29, 1.82) is 0 Å². The van der Waals surface area contributed by atoms with Crippen LogP contribution >= 0.6 is 23.8 Å². The molecule has 0 aliphatic carbocycles. The first-order valence-corrected chi connectivity index (χ1v) is 9.88. The SMILES string of the molecule is CCCCCCN(CCCCCC)C(=S)Nc1ccc(F)c(Cl)c1. The summed E-state index contributed by atoms with van der Waals surface area (Å²) in [6.07, 6.45) is 9.73. The van der Waals surface area contributed by atoms with E-state index in [1.807, 2.05) is 0 Å². The predicted octanol–water partition coefficient (Wildman–Crippen LogP) is 6.64. The van der Waals surface area contributed by atoms with Gasteiger partial charge in [0.15, 0.2) is 5.11 Å². The summed E-state index contributed by atoms with van der Waals surface area (Å²) in [6, 6.07) is 4.61. The van der Waals surface area contributed by atoms with Gasteiger partial charge in [-0.3, -0.25) is 0 Å². The number of unbranched alkanes of at least 4 members (excludes halogenated alkanes) is 6. The average molecular weight is 373 g/mol. The lowest BCUT2D eigenvalue weighted by atomic mass is 10.2. The van der Waals surface area contributed by atoms with E-state index in [9.17, 15) is 4.39 Å². The van der Waals surface area contributed by atoms with Crippen molar-refractivity contribution in [3.05, 3.63) is 29.0 Å². The molecule has 0 aliphatic heterocycles. The lowest BCUT2D eigenvalue weighted by Crippen LogP contribution is -2.36. The van der Waals surface area contributed by atoms with Crippen molar-refractivity contribution >= 4 is 34.6 Å². The number of nitrogens with one attached hydrogen (secondary N) is 1. The van der Waals surface area contributed by atoms with Crippen LogP contribution in [-0.2, 0) is 0 Å². The maximum atomic E-state index is 13.3. The Morgan fingerprint density at radius 3 is 2.12 bits per heavy atom. The second-order valence-corrected chi connectivity index (χ2v) is 6.96. The predicted molar refractivity (Wildman–Crippen MR) is 107 cm³/mol. The fraction of sp³-hybridized carbons (Fsp3) is 0.632. The normalized spacial score (nSPS) is 10.7. The van der Waals surface area contributed by atoms with Crippen LogP contribution in [0.3, 0.4) is 0 Å². The highest BCUT2D eigenvalue weighted by atomic mass is 35.5. The zero-order valence-corrected chi connectivity index (χ0v) is 16.5. The van der Waals surface area contributed by atoms with Gasteiger partial charge in [-0.1, -0.05) is 64.0 Å². The third-order valence-corrected chi connectivity index (χ3v) is 4.67. The Hall–Kier alpha value is -0.870. The highest BCUT2D eigenvalue weighted by molar-refractivity contribution is 7.80. The topological polar surface area (TPSA) is 15.3 Å².